The number of rotatable bonds is 5. The van der Waals surface area contributed by atoms with Gasteiger partial charge in [-0.05, 0) is 56.5 Å². The molecule has 1 aromatic heterocycles. The van der Waals surface area contributed by atoms with E-state index in [1.807, 2.05) is 18.2 Å². The molecule has 4 nitrogen and oxygen atoms in total. The number of hydrogen-bond donors (Lipinski definition) is 1. The molecule has 0 fully saturated rings. The lowest BCUT2D eigenvalue weighted by Gasteiger charge is -2.09. The number of nitrogens with zero attached hydrogens (tertiary/aromatic N) is 2. The highest BCUT2D eigenvalue weighted by atomic mass is 79.9. The third-order valence-electron chi connectivity index (χ3n) is 2.70. The Morgan fingerprint density at radius 3 is 2.70 bits per heavy atom. The second-order valence-corrected chi connectivity index (χ2v) is 5.87. The molecule has 6 heteroatoms. The van der Waals surface area contributed by atoms with Crippen LogP contribution in [0.15, 0.2) is 33.3 Å². The van der Waals surface area contributed by atoms with Gasteiger partial charge in [0.2, 0.25) is 0 Å². The van der Waals surface area contributed by atoms with Gasteiger partial charge in [-0.25, -0.2) is 9.97 Å². The van der Waals surface area contributed by atoms with Crippen molar-refractivity contribution in [2.75, 3.05) is 19.0 Å². The Labute approximate surface area is 135 Å². The molecule has 2 aromatic rings. The molecule has 1 aromatic carbocycles. The Morgan fingerprint density at radius 2 is 2.05 bits per heavy atom. The first-order valence-electron chi connectivity index (χ1n) is 6.26. The standard InChI is InChI=1S/C14H15Br2N3O/c1-3-6-17-14-11(16)8-18-13(19-14)9-4-5-12(20-2)10(15)7-9/h4-5,7-8H,3,6H2,1-2H3,(H,17,18,19). The summed E-state index contributed by atoms with van der Waals surface area (Å²) in [6, 6.07) is 5.78. The number of anilines is 1. The largest absolute Gasteiger partial charge is 0.496 e. The van der Waals surface area contributed by atoms with Gasteiger partial charge in [0.05, 0.1) is 16.1 Å². The fourth-order valence-electron chi connectivity index (χ4n) is 1.68. The summed E-state index contributed by atoms with van der Waals surface area (Å²) in [5, 5.41) is 3.28. The van der Waals surface area contributed by atoms with Gasteiger partial charge in [-0.3, -0.25) is 0 Å². The van der Waals surface area contributed by atoms with E-state index in [2.05, 4.69) is 54.1 Å². The molecule has 2 rings (SSSR count). The van der Waals surface area contributed by atoms with E-state index in [0.29, 0.717) is 5.82 Å². The number of benzene rings is 1. The van der Waals surface area contributed by atoms with Crippen LogP contribution >= 0.6 is 31.9 Å². The molecule has 20 heavy (non-hydrogen) atoms. The van der Waals surface area contributed by atoms with Crippen LogP contribution in [0.1, 0.15) is 13.3 Å². The minimum absolute atomic E-state index is 0.676. The Balaban J connectivity index is 2.35. The van der Waals surface area contributed by atoms with Crippen molar-refractivity contribution in [2.24, 2.45) is 0 Å². The maximum Gasteiger partial charge on any atom is 0.161 e. The lowest BCUT2D eigenvalue weighted by atomic mass is 10.2. The number of ether oxygens (including phenoxy) is 1. The predicted octanol–water partition coefficient (Wildman–Crippen LogP) is 4.50. The Morgan fingerprint density at radius 1 is 1.25 bits per heavy atom. The van der Waals surface area contributed by atoms with E-state index in [0.717, 1.165) is 39.0 Å². The first kappa shape index (κ1) is 15.3. The molecule has 1 heterocycles. The van der Waals surface area contributed by atoms with E-state index >= 15 is 0 Å². The molecular formula is C14H15Br2N3O. The van der Waals surface area contributed by atoms with Gasteiger partial charge in [-0.1, -0.05) is 6.92 Å². The zero-order valence-electron chi connectivity index (χ0n) is 11.3. The van der Waals surface area contributed by atoms with Crippen LogP contribution in [0.2, 0.25) is 0 Å². The lowest BCUT2D eigenvalue weighted by Crippen LogP contribution is -2.04. The van der Waals surface area contributed by atoms with E-state index in [1.165, 1.54) is 0 Å². The highest BCUT2D eigenvalue weighted by Gasteiger charge is 2.09. The molecule has 0 radical (unpaired) electrons. The van der Waals surface area contributed by atoms with E-state index in [1.54, 1.807) is 13.3 Å². The molecule has 0 aliphatic carbocycles. The smallest absolute Gasteiger partial charge is 0.161 e. The summed E-state index contributed by atoms with van der Waals surface area (Å²) in [4.78, 5) is 8.90. The van der Waals surface area contributed by atoms with E-state index in [9.17, 15) is 0 Å². The molecule has 0 aliphatic heterocycles. The van der Waals surface area contributed by atoms with Crippen molar-refractivity contribution in [3.8, 4) is 17.1 Å². The average molecular weight is 401 g/mol. The summed E-state index contributed by atoms with van der Waals surface area (Å²) in [7, 11) is 1.64. The minimum atomic E-state index is 0.676. The zero-order valence-corrected chi connectivity index (χ0v) is 14.5. The van der Waals surface area contributed by atoms with Gasteiger partial charge in [0, 0.05) is 18.3 Å². The van der Waals surface area contributed by atoms with Crippen molar-refractivity contribution in [1.29, 1.82) is 0 Å². The molecule has 1 N–H and O–H groups in total. The zero-order chi connectivity index (χ0) is 14.5. The molecule has 0 saturated carbocycles. The van der Waals surface area contributed by atoms with E-state index in [4.69, 9.17) is 4.74 Å². The third-order valence-corrected chi connectivity index (χ3v) is 3.90. The summed E-state index contributed by atoms with van der Waals surface area (Å²) in [6.07, 6.45) is 2.80. The van der Waals surface area contributed by atoms with Crippen LogP contribution in [-0.4, -0.2) is 23.6 Å². The summed E-state index contributed by atoms with van der Waals surface area (Å²) in [6.45, 7) is 2.99. The third kappa shape index (κ3) is 3.49. The molecule has 0 aliphatic rings. The summed E-state index contributed by atoms with van der Waals surface area (Å²) >= 11 is 6.93. The quantitative estimate of drug-likeness (QED) is 0.802. The van der Waals surface area contributed by atoms with Gasteiger partial charge >= 0.3 is 0 Å². The van der Waals surface area contributed by atoms with Crippen LogP contribution in [0, 0.1) is 0 Å². The van der Waals surface area contributed by atoms with Crippen LogP contribution in [0.3, 0.4) is 0 Å². The normalized spacial score (nSPS) is 10.4. The average Bonchev–Trinajstić information content (AvgIpc) is 2.46. The minimum Gasteiger partial charge on any atom is -0.496 e. The maximum absolute atomic E-state index is 5.22. The molecule has 0 unspecified atom stereocenters. The number of hydrogen-bond acceptors (Lipinski definition) is 4. The number of methoxy groups -OCH3 is 1. The summed E-state index contributed by atoms with van der Waals surface area (Å²) in [5.41, 5.74) is 0.935. The van der Waals surface area contributed by atoms with Gasteiger partial charge in [-0.15, -0.1) is 0 Å². The van der Waals surface area contributed by atoms with Gasteiger partial charge in [-0.2, -0.15) is 0 Å². The van der Waals surface area contributed by atoms with Crippen molar-refractivity contribution < 1.29 is 4.74 Å². The number of aromatic nitrogens is 2. The second kappa shape index (κ2) is 7.04. The van der Waals surface area contributed by atoms with Crippen LogP contribution in [0.25, 0.3) is 11.4 Å². The Kier molecular flexibility index (Phi) is 5.37. The first-order valence-corrected chi connectivity index (χ1v) is 7.84. The predicted molar refractivity (Wildman–Crippen MR) is 88.2 cm³/mol. The van der Waals surface area contributed by atoms with Crippen molar-refractivity contribution >= 4 is 37.7 Å². The Bertz CT molecular complexity index is 605. The highest BCUT2D eigenvalue weighted by molar-refractivity contribution is 9.11. The van der Waals surface area contributed by atoms with Crippen molar-refractivity contribution in [3.63, 3.8) is 0 Å². The van der Waals surface area contributed by atoms with Crippen LogP contribution < -0.4 is 10.1 Å². The molecule has 106 valence electrons. The van der Waals surface area contributed by atoms with Crippen molar-refractivity contribution in [2.45, 2.75) is 13.3 Å². The van der Waals surface area contributed by atoms with Crippen molar-refractivity contribution in [1.82, 2.24) is 9.97 Å². The fraction of sp³-hybridized carbons (Fsp3) is 0.286. The van der Waals surface area contributed by atoms with Crippen LogP contribution in [0.5, 0.6) is 5.75 Å². The second-order valence-electron chi connectivity index (χ2n) is 4.17. The molecule has 0 saturated heterocycles. The summed E-state index contributed by atoms with van der Waals surface area (Å²) < 4.78 is 6.97. The monoisotopic (exact) mass is 399 g/mol. The fourth-order valence-corrected chi connectivity index (χ4v) is 2.55. The maximum atomic E-state index is 5.22. The SMILES string of the molecule is CCCNc1nc(-c2ccc(OC)c(Br)c2)ncc1Br. The van der Waals surface area contributed by atoms with Gasteiger partial charge < -0.3 is 10.1 Å². The molecule has 0 atom stereocenters. The van der Waals surface area contributed by atoms with Gasteiger partial charge in [0.25, 0.3) is 0 Å². The Hall–Kier alpha value is -1.14. The van der Waals surface area contributed by atoms with E-state index < -0.39 is 0 Å². The number of halogens is 2. The van der Waals surface area contributed by atoms with Gasteiger partial charge in [0.1, 0.15) is 11.6 Å². The van der Waals surface area contributed by atoms with Gasteiger partial charge in [0.15, 0.2) is 5.82 Å². The molecule has 0 spiro atoms. The van der Waals surface area contributed by atoms with Crippen molar-refractivity contribution in [3.05, 3.63) is 33.3 Å². The molecule has 0 amide bonds. The van der Waals surface area contributed by atoms with Crippen LogP contribution in [-0.2, 0) is 0 Å². The molecule has 0 bridgehead atoms. The lowest BCUT2D eigenvalue weighted by molar-refractivity contribution is 0.412. The highest BCUT2D eigenvalue weighted by Crippen LogP contribution is 2.30. The number of nitrogens with one attached hydrogen (secondary N) is 1. The topological polar surface area (TPSA) is 47.0 Å². The van der Waals surface area contributed by atoms with Crippen LogP contribution in [0.4, 0.5) is 5.82 Å². The first-order chi connectivity index (χ1) is 9.65. The summed E-state index contributed by atoms with van der Waals surface area (Å²) in [5.74, 6) is 2.27. The molecular weight excluding hydrogens is 386 g/mol. The van der Waals surface area contributed by atoms with E-state index in [-0.39, 0.29) is 0 Å².